The highest BCUT2D eigenvalue weighted by Crippen LogP contribution is 2.22. The van der Waals surface area contributed by atoms with Gasteiger partial charge in [0.15, 0.2) is 0 Å². The summed E-state index contributed by atoms with van der Waals surface area (Å²) < 4.78 is 0. The van der Waals surface area contributed by atoms with Crippen LogP contribution in [0.5, 0.6) is 0 Å². The fourth-order valence-corrected chi connectivity index (χ4v) is 3.02. The number of anilines is 1. The maximum absolute atomic E-state index is 12.1. The van der Waals surface area contributed by atoms with Crippen molar-refractivity contribution in [2.45, 2.75) is 46.0 Å². The van der Waals surface area contributed by atoms with Crippen LogP contribution in [0.15, 0.2) is 24.3 Å². The molecule has 0 unspecified atom stereocenters. The van der Waals surface area contributed by atoms with Crippen LogP contribution < -0.4 is 10.6 Å². The number of hydrogen-bond acceptors (Lipinski definition) is 5. The molecule has 1 heterocycles. The van der Waals surface area contributed by atoms with Crippen LogP contribution in [0.1, 0.15) is 55.0 Å². The molecule has 0 aliphatic carbocycles. The van der Waals surface area contributed by atoms with E-state index in [0.29, 0.717) is 10.7 Å². The number of nitrogens with one attached hydrogen (secondary N) is 2. The Morgan fingerprint density at radius 1 is 1.12 bits per heavy atom. The summed E-state index contributed by atoms with van der Waals surface area (Å²) in [7, 11) is 0. The monoisotopic (exact) mass is 360 g/mol. The second-order valence-corrected chi connectivity index (χ2v) is 7.87. The Bertz CT molecular complexity index is 732. The van der Waals surface area contributed by atoms with Gasteiger partial charge >= 0.3 is 0 Å². The average Bonchev–Trinajstić information content (AvgIpc) is 2.99. The van der Waals surface area contributed by atoms with Gasteiger partial charge in [0.25, 0.3) is 5.91 Å². The molecule has 0 aliphatic rings. The van der Waals surface area contributed by atoms with Crippen LogP contribution in [0.2, 0.25) is 0 Å². The van der Waals surface area contributed by atoms with Gasteiger partial charge in [-0.1, -0.05) is 51.2 Å². The smallest absolute Gasteiger partial charge is 0.251 e. The molecule has 7 heteroatoms. The zero-order chi connectivity index (χ0) is 18.4. The molecule has 25 heavy (non-hydrogen) atoms. The highest BCUT2D eigenvalue weighted by Gasteiger charge is 2.15. The standard InChI is InChI=1S/C18H24N4O2S/c1-5-6-15-21-22-17(25-15)20-14(23)11-19-16(24)12-7-9-13(10-8-12)18(2,3)4/h7-10H,5-6,11H2,1-4H3,(H,19,24)(H,20,22,23). The molecule has 0 bridgehead atoms. The second kappa shape index (κ2) is 8.20. The van der Waals surface area contributed by atoms with Crippen LogP contribution in [0.4, 0.5) is 5.13 Å². The van der Waals surface area contributed by atoms with E-state index in [1.807, 2.05) is 12.1 Å². The van der Waals surface area contributed by atoms with E-state index in [4.69, 9.17) is 0 Å². The van der Waals surface area contributed by atoms with Crippen LogP contribution in [0, 0.1) is 0 Å². The normalized spacial score (nSPS) is 11.2. The quantitative estimate of drug-likeness (QED) is 0.829. The predicted molar refractivity (Wildman–Crippen MR) is 100 cm³/mol. The first-order valence-corrected chi connectivity index (χ1v) is 9.12. The summed E-state index contributed by atoms with van der Waals surface area (Å²) in [5.41, 5.74) is 1.72. The highest BCUT2D eigenvalue weighted by molar-refractivity contribution is 7.15. The molecule has 0 aliphatic heterocycles. The molecule has 0 radical (unpaired) electrons. The van der Waals surface area contributed by atoms with Gasteiger partial charge < -0.3 is 5.32 Å². The van der Waals surface area contributed by atoms with E-state index in [2.05, 4.69) is 48.5 Å². The van der Waals surface area contributed by atoms with Crippen molar-refractivity contribution in [1.82, 2.24) is 15.5 Å². The van der Waals surface area contributed by atoms with Crippen LogP contribution >= 0.6 is 11.3 Å². The average molecular weight is 360 g/mol. The molecule has 6 nitrogen and oxygen atoms in total. The minimum absolute atomic E-state index is 0.0350. The maximum Gasteiger partial charge on any atom is 0.251 e. The summed E-state index contributed by atoms with van der Waals surface area (Å²) in [5.74, 6) is -0.599. The van der Waals surface area contributed by atoms with Gasteiger partial charge in [0, 0.05) is 12.0 Å². The molecular formula is C18H24N4O2S. The van der Waals surface area contributed by atoms with E-state index < -0.39 is 0 Å². The molecule has 0 fully saturated rings. The fourth-order valence-electron chi connectivity index (χ4n) is 2.17. The van der Waals surface area contributed by atoms with E-state index in [9.17, 15) is 9.59 Å². The maximum atomic E-state index is 12.1. The van der Waals surface area contributed by atoms with Gasteiger partial charge in [0.2, 0.25) is 11.0 Å². The van der Waals surface area contributed by atoms with E-state index in [0.717, 1.165) is 23.4 Å². The largest absolute Gasteiger partial charge is 0.343 e. The first kappa shape index (κ1) is 19.1. The van der Waals surface area contributed by atoms with Crippen molar-refractivity contribution < 1.29 is 9.59 Å². The molecule has 2 N–H and O–H groups in total. The first-order chi connectivity index (χ1) is 11.8. The van der Waals surface area contributed by atoms with Crippen molar-refractivity contribution in [2.24, 2.45) is 0 Å². The topological polar surface area (TPSA) is 84.0 Å². The lowest BCUT2D eigenvalue weighted by molar-refractivity contribution is -0.115. The third-order valence-corrected chi connectivity index (χ3v) is 4.50. The lowest BCUT2D eigenvalue weighted by Gasteiger charge is -2.19. The van der Waals surface area contributed by atoms with Crippen molar-refractivity contribution in [3.63, 3.8) is 0 Å². The molecule has 2 aromatic rings. The third kappa shape index (κ3) is 5.63. The predicted octanol–water partition coefficient (Wildman–Crippen LogP) is 3.16. The van der Waals surface area contributed by atoms with Gasteiger partial charge in [-0.15, -0.1) is 10.2 Å². The molecule has 1 aromatic carbocycles. The minimum atomic E-state index is -0.320. The Labute approximate surface area is 152 Å². The van der Waals surface area contributed by atoms with Gasteiger partial charge in [0.05, 0.1) is 6.54 Å². The Balaban J connectivity index is 1.85. The highest BCUT2D eigenvalue weighted by atomic mass is 32.1. The zero-order valence-corrected chi connectivity index (χ0v) is 15.9. The van der Waals surface area contributed by atoms with Crippen molar-refractivity contribution >= 4 is 28.3 Å². The molecule has 2 rings (SSSR count). The number of hydrogen-bond donors (Lipinski definition) is 2. The van der Waals surface area contributed by atoms with Crippen LogP contribution in [-0.2, 0) is 16.6 Å². The van der Waals surface area contributed by atoms with E-state index >= 15 is 0 Å². The lowest BCUT2D eigenvalue weighted by atomic mass is 9.87. The number of benzene rings is 1. The number of aryl methyl sites for hydroxylation is 1. The second-order valence-electron chi connectivity index (χ2n) is 6.81. The van der Waals surface area contributed by atoms with Crippen molar-refractivity contribution in [3.8, 4) is 0 Å². The molecule has 1 aromatic heterocycles. The fraction of sp³-hybridized carbons (Fsp3) is 0.444. The molecule has 0 spiro atoms. The van der Waals surface area contributed by atoms with Crippen LogP contribution in [0.3, 0.4) is 0 Å². The van der Waals surface area contributed by atoms with Crippen LogP contribution in [0.25, 0.3) is 0 Å². The third-order valence-electron chi connectivity index (χ3n) is 3.60. The van der Waals surface area contributed by atoms with Gasteiger partial charge in [-0.25, -0.2) is 0 Å². The summed E-state index contributed by atoms with van der Waals surface area (Å²) in [4.78, 5) is 24.0. The summed E-state index contributed by atoms with van der Waals surface area (Å²) >= 11 is 1.35. The van der Waals surface area contributed by atoms with Gasteiger partial charge in [-0.2, -0.15) is 0 Å². The first-order valence-electron chi connectivity index (χ1n) is 8.30. The molecule has 2 amide bonds. The van der Waals surface area contributed by atoms with Gasteiger partial charge in [-0.05, 0) is 29.5 Å². The van der Waals surface area contributed by atoms with E-state index in [1.54, 1.807) is 12.1 Å². The van der Waals surface area contributed by atoms with Crippen molar-refractivity contribution in [1.29, 1.82) is 0 Å². The Kier molecular flexibility index (Phi) is 6.25. The Hall–Kier alpha value is -2.28. The van der Waals surface area contributed by atoms with E-state index in [1.165, 1.54) is 11.3 Å². The van der Waals surface area contributed by atoms with Crippen molar-refractivity contribution in [2.75, 3.05) is 11.9 Å². The molecule has 0 saturated heterocycles. The van der Waals surface area contributed by atoms with Gasteiger partial charge in [0.1, 0.15) is 5.01 Å². The minimum Gasteiger partial charge on any atom is -0.343 e. The van der Waals surface area contributed by atoms with Crippen LogP contribution in [-0.4, -0.2) is 28.6 Å². The molecule has 0 saturated carbocycles. The number of rotatable bonds is 6. The number of nitrogens with zero attached hydrogens (tertiary/aromatic N) is 2. The SMILES string of the molecule is CCCc1nnc(NC(=O)CNC(=O)c2ccc(C(C)(C)C)cc2)s1. The number of aromatic nitrogens is 2. The number of carbonyl (C=O) groups is 2. The molecule has 134 valence electrons. The molecule has 0 atom stereocenters. The number of carbonyl (C=O) groups excluding carboxylic acids is 2. The Morgan fingerprint density at radius 2 is 1.80 bits per heavy atom. The van der Waals surface area contributed by atoms with Gasteiger partial charge in [-0.3, -0.25) is 14.9 Å². The Morgan fingerprint density at radius 3 is 2.40 bits per heavy atom. The molecular weight excluding hydrogens is 336 g/mol. The number of amides is 2. The summed E-state index contributed by atoms with van der Waals surface area (Å²) in [6.07, 6.45) is 1.82. The lowest BCUT2D eigenvalue weighted by Crippen LogP contribution is -2.32. The summed E-state index contributed by atoms with van der Waals surface area (Å²) in [6.45, 7) is 8.30. The van der Waals surface area contributed by atoms with Crippen molar-refractivity contribution in [3.05, 3.63) is 40.4 Å². The zero-order valence-electron chi connectivity index (χ0n) is 15.0. The summed E-state index contributed by atoms with van der Waals surface area (Å²) in [6, 6.07) is 7.42. The summed E-state index contributed by atoms with van der Waals surface area (Å²) in [5, 5.41) is 14.5. The van der Waals surface area contributed by atoms with E-state index in [-0.39, 0.29) is 23.8 Å².